The van der Waals surface area contributed by atoms with E-state index in [1.54, 1.807) is 0 Å². The number of hydrogen-bond acceptors (Lipinski definition) is 4. The van der Waals surface area contributed by atoms with E-state index in [2.05, 4.69) is 10.1 Å². The Morgan fingerprint density at radius 2 is 2.00 bits per heavy atom. The molecule has 4 heteroatoms. The third kappa shape index (κ3) is 1.08. The zero-order valence-corrected chi connectivity index (χ0v) is 5.94. The summed E-state index contributed by atoms with van der Waals surface area (Å²) < 4.78 is 0. The zero-order chi connectivity index (χ0) is 7.68. The maximum Gasteiger partial charge on any atom is 0.144 e. The minimum absolute atomic E-state index is 0.441. The number of benzene rings is 1. The number of hydrazine groups is 1. The van der Waals surface area contributed by atoms with Crippen LogP contribution < -0.4 is 16.6 Å². The molecule has 0 unspecified atom stereocenters. The quantitative estimate of drug-likeness (QED) is 0.479. The second-order valence-corrected chi connectivity index (χ2v) is 2.33. The first-order chi connectivity index (χ1) is 5.36. The molecule has 0 saturated carbocycles. The summed E-state index contributed by atoms with van der Waals surface area (Å²) in [5.41, 5.74) is 0. The lowest BCUT2D eigenvalue weighted by Gasteiger charge is -2.11. The number of hydrogen-bond donors (Lipinski definition) is 1. The van der Waals surface area contributed by atoms with Crippen molar-refractivity contribution >= 4 is 0 Å². The van der Waals surface area contributed by atoms with E-state index < -0.39 is 0 Å². The highest BCUT2D eigenvalue weighted by Gasteiger charge is 1.97. The van der Waals surface area contributed by atoms with Gasteiger partial charge in [0.25, 0.3) is 0 Å². The summed E-state index contributed by atoms with van der Waals surface area (Å²) >= 11 is 0. The number of nitrogens with two attached hydrogens (primary N) is 1. The Morgan fingerprint density at radius 1 is 1.27 bits per heavy atom. The van der Waals surface area contributed by atoms with Crippen molar-refractivity contribution in [1.82, 2.24) is 5.12 Å². The monoisotopic (exact) mass is 148 g/mol. The highest BCUT2D eigenvalue weighted by molar-refractivity contribution is 5.00. The van der Waals surface area contributed by atoms with Crippen molar-refractivity contribution in [2.45, 2.75) is 0 Å². The predicted molar refractivity (Wildman–Crippen MR) is 39.6 cm³/mol. The molecule has 0 bridgehead atoms. The van der Waals surface area contributed by atoms with Gasteiger partial charge in [0.2, 0.25) is 0 Å². The van der Waals surface area contributed by atoms with E-state index in [4.69, 9.17) is 5.84 Å². The van der Waals surface area contributed by atoms with Crippen molar-refractivity contribution in [1.29, 1.82) is 0 Å². The average molecular weight is 148 g/mol. The van der Waals surface area contributed by atoms with Gasteiger partial charge in [0, 0.05) is 0 Å². The lowest BCUT2D eigenvalue weighted by Crippen LogP contribution is -2.39. The Kier molecular flexibility index (Phi) is 1.33. The highest BCUT2D eigenvalue weighted by Crippen LogP contribution is 1.81. The molecule has 0 aromatic heterocycles. The Hall–Kier alpha value is -1.42. The molecule has 0 fully saturated rings. The van der Waals surface area contributed by atoms with Crippen molar-refractivity contribution < 1.29 is 0 Å². The second kappa shape index (κ2) is 2.32. The molecule has 0 aliphatic carbocycles. The normalized spacial score (nSPS) is 14.8. The minimum atomic E-state index is 0.441. The molecule has 1 aromatic carbocycles. The second-order valence-electron chi connectivity index (χ2n) is 2.33. The molecule has 1 aliphatic rings. The summed E-state index contributed by atoms with van der Waals surface area (Å²) in [6, 6.07) is 7.66. The van der Waals surface area contributed by atoms with E-state index in [0.29, 0.717) is 6.67 Å². The molecular weight excluding hydrogens is 140 g/mol. The Balaban J connectivity index is 2.73. The smallest absolute Gasteiger partial charge is 0.144 e. The van der Waals surface area contributed by atoms with Gasteiger partial charge in [-0.05, 0) is 12.1 Å². The maximum atomic E-state index is 5.42. The van der Waals surface area contributed by atoms with E-state index in [9.17, 15) is 0 Å². The van der Waals surface area contributed by atoms with Crippen LogP contribution in [-0.4, -0.2) is 11.8 Å². The average Bonchev–Trinajstić information content (AvgIpc) is 2.04. The molecule has 4 nitrogen and oxygen atoms in total. The number of rotatable bonds is 0. The summed E-state index contributed by atoms with van der Waals surface area (Å²) in [6.45, 7) is 0.441. The first kappa shape index (κ1) is 6.30. The van der Waals surface area contributed by atoms with E-state index in [0.717, 1.165) is 10.7 Å². The fraction of sp³-hybridized carbons (Fsp3) is 0.143. The fourth-order valence-corrected chi connectivity index (χ4v) is 1.00. The SMILES string of the molecule is NN1CN=c2ccccc2=N1. The highest BCUT2D eigenvalue weighted by atomic mass is 15.6. The molecular formula is C7H8N4. The Labute approximate surface area is 63.6 Å². The molecule has 0 atom stereocenters. The lowest BCUT2D eigenvalue weighted by molar-refractivity contribution is 0.285. The summed E-state index contributed by atoms with van der Waals surface area (Å²) in [6.07, 6.45) is 0. The van der Waals surface area contributed by atoms with Crippen molar-refractivity contribution in [3.8, 4) is 0 Å². The lowest BCUT2D eigenvalue weighted by atomic mass is 10.3. The largest absolute Gasteiger partial charge is 0.258 e. The van der Waals surface area contributed by atoms with Crippen LogP contribution in [0.25, 0.3) is 0 Å². The van der Waals surface area contributed by atoms with Gasteiger partial charge >= 0.3 is 0 Å². The Bertz CT molecular complexity index is 370. The van der Waals surface area contributed by atoms with E-state index in [-0.39, 0.29) is 0 Å². The van der Waals surface area contributed by atoms with Gasteiger partial charge in [0.15, 0.2) is 0 Å². The summed E-state index contributed by atoms with van der Waals surface area (Å²) in [7, 11) is 0. The maximum absolute atomic E-state index is 5.42. The van der Waals surface area contributed by atoms with E-state index in [1.807, 2.05) is 24.3 Å². The number of fused-ring (bicyclic) bond motifs is 1. The first-order valence-corrected chi connectivity index (χ1v) is 3.37. The summed E-state index contributed by atoms with van der Waals surface area (Å²) in [4.78, 5) is 4.18. The van der Waals surface area contributed by atoms with Crippen LogP contribution in [0.5, 0.6) is 0 Å². The van der Waals surface area contributed by atoms with Gasteiger partial charge in [0.05, 0.1) is 5.36 Å². The van der Waals surface area contributed by atoms with Gasteiger partial charge in [-0.15, -0.1) is 0 Å². The van der Waals surface area contributed by atoms with Crippen molar-refractivity contribution in [3.05, 3.63) is 35.0 Å². The zero-order valence-electron chi connectivity index (χ0n) is 5.94. The van der Waals surface area contributed by atoms with Crippen LogP contribution in [0.4, 0.5) is 0 Å². The predicted octanol–water partition coefficient (Wildman–Crippen LogP) is -1.01. The van der Waals surface area contributed by atoms with Gasteiger partial charge in [0.1, 0.15) is 12.0 Å². The molecule has 11 heavy (non-hydrogen) atoms. The molecule has 56 valence electrons. The van der Waals surface area contributed by atoms with Gasteiger partial charge in [-0.1, -0.05) is 12.1 Å². The van der Waals surface area contributed by atoms with Crippen LogP contribution in [0, 0.1) is 0 Å². The molecule has 2 N–H and O–H groups in total. The van der Waals surface area contributed by atoms with Crippen molar-refractivity contribution in [2.75, 3.05) is 6.67 Å². The standard InChI is InChI=1S/C7H8N4/c8-11-5-9-6-3-1-2-4-7(6)10-11/h1-4H,5,8H2. The van der Waals surface area contributed by atoms with E-state index in [1.165, 1.54) is 5.12 Å². The number of nitrogens with zero attached hydrogens (tertiary/aromatic N) is 3. The first-order valence-electron chi connectivity index (χ1n) is 3.37. The fourth-order valence-electron chi connectivity index (χ4n) is 1.00. The third-order valence-electron chi connectivity index (χ3n) is 1.50. The third-order valence-corrected chi connectivity index (χ3v) is 1.50. The topological polar surface area (TPSA) is 54.0 Å². The van der Waals surface area contributed by atoms with E-state index >= 15 is 0 Å². The minimum Gasteiger partial charge on any atom is -0.258 e. The van der Waals surface area contributed by atoms with Crippen LogP contribution in [0.15, 0.2) is 34.4 Å². The van der Waals surface area contributed by atoms with Crippen LogP contribution in [0.2, 0.25) is 0 Å². The molecule has 0 amide bonds. The number of para-hydroxylation sites is 1. The summed E-state index contributed by atoms with van der Waals surface area (Å²) in [5, 5.41) is 7.13. The van der Waals surface area contributed by atoms with Gasteiger partial charge in [-0.2, -0.15) is 5.10 Å². The van der Waals surface area contributed by atoms with Crippen LogP contribution in [-0.2, 0) is 0 Å². The van der Waals surface area contributed by atoms with Crippen molar-refractivity contribution in [2.24, 2.45) is 15.9 Å². The Morgan fingerprint density at radius 3 is 2.82 bits per heavy atom. The molecule has 0 saturated heterocycles. The van der Waals surface area contributed by atoms with Gasteiger partial charge in [-0.25, -0.2) is 11.0 Å². The molecule has 1 heterocycles. The molecule has 1 aliphatic heterocycles. The van der Waals surface area contributed by atoms with Crippen LogP contribution in [0.1, 0.15) is 0 Å². The van der Waals surface area contributed by atoms with Gasteiger partial charge < -0.3 is 0 Å². The van der Waals surface area contributed by atoms with Gasteiger partial charge in [-0.3, -0.25) is 4.99 Å². The molecule has 2 rings (SSSR count). The van der Waals surface area contributed by atoms with Crippen LogP contribution in [0.3, 0.4) is 0 Å². The molecule has 1 aromatic rings. The van der Waals surface area contributed by atoms with Crippen molar-refractivity contribution in [3.63, 3.8) is 0 Å². The summed E-state index contributed by atoms with van der Waals surface area (Å²) in [5.74, 6) is 5.42. The molecule has 0 radical (unpaired) electrons. The molecule has 0 spiro atoms. The van der Waals surface area contributed by atoms with Crippen LogP contribution >= 0.6 is 0 Å².